The maximum Gasteiger partial charge on any atom is 0.321 e. The Morgan fingerprint density at radius 3 is 2.32 bits per heavy atom. The van der Waals surface area contributed by atoms with E-state index in [2.05, 4.69) is 5.32 Å². The van der Waals surface area contributed by atoms with Crippen LogP contribution in [-0.2, 0) is 4.79 Å². The summed E-state index contributed by atoms with van der Waals surface area (Å²) in [5.74, 6) is 0.00199. The van der Waals surface area contributed by atoms with Crippen LogP contribution in [0.1, 0.15) is 15.9 Å². The largest absolute Gasteiger partial charge is 0.426 e. The van der Waals surface area contributed by atoms with Gasteiger partial charge in [0, 0.05) is 10.6 Å². The van der Waals surface area contributed by atoms with Gasteiger partial charge in [-0.2, -0.15) is 0 Å². The van der Waals surface area contributed by atoms with Crippen molar-refractivity contribution in [2.24, 2.45) is 0 Å². The first kappa shape index (κ1) is 20.0. The lowest BCUT2D eigenvalue weighted by atomic mass is 10.2. The molecule has 1 amide bonds. The molecule has 0 fully saturated rings. The van der Waals surface area contributed by atoms with Crippen LogP contribution in [0, 0.1) is 6.92 Å². The third kappa shape index (κ3) is 5.62. The molecule has 3 aromatic carbocycles. The fourth-order valence-corrected chi connectivity index (χ4v) is 3.28. The number of nitrogens with one attached hydrogen (secondary N) is 1. The number of ether oxygens (including phenoxy) is 1. The lowest BCUT2D eigenvalue weighted by Gasteiger charge is -2.08. The maximum absolute atomic E-state index is 12.3. The molecule has 0 aromatic heterocycles. The van der Waals surface area contributed by atoms with Gasteiger partial charge in [-0.25, -0.2) is 0 Å². The van der Waals surface area contributed by atoms with Gasteiger partial charge in [0.15, 0.2) is 0 Å². The SMILES string of the molecule is Cc1ccc(SCC(=O)Oc2ccc(NC(=O)c3ccccc3Cl)cc2)cc1. The minimum absolute atomic E-state index is 0.216. The van der Waals surface area contributed by atoms with Crippen LogP contribution in [0.5, 0.6) is 5.75 Å². The number of carbonyl (C=O) groups excluding carboxylic acids is 2. The molecule has 6 heteroatoms. The molecule has 0 aliphatic rings. The normalized spacial score (nSPS) is 10.4. The highest BCUT2D eigenvalue weighted by molar-refractivity contribution is 8.00. The van der Waals surface area contributed by atoms with Crippen molar-refractivity contribution < 1.29 is 14.3 Å². The average molecular weight is 412 g/mol. The van der Waals surface area contributed by atoms with Gasteiger partial charge in [-0.05, 0) is 55.5 Å². The standard InChI is InChI=1S/C22H18ClNO3S/c1-15-6-12-18(13-7-15)28-14-21(25)27-17-10-8-16(9-11-17)24-22(26)19-4-2-3-5-20(19)23/h2-13H,14H2,1H3,(H,24,26). The fraction of sp³-hybridized carbons (Fsp3) is 0.0909. The Morgan fingerprint density at radius 2 is 1.64 bits per heavy atom. The lowest BCUT2D eigenvalue weighted by Crippen LogP contribution is -2.13. The number of amides is 1. The van der Waals surface area contributed by atoms with Crippen molar-refractivity contribution in [3.63, 3.8) is 0 Å². The van der Waals surface area contributed by atoms with Crippen molar-refractivity contribution in [2.75, 3.05) is 11.1 Å². The molecule has 0 saturated carbocycles. The molecule has 4 nitrogen and oxygen atoms in total. The second-order valence-corrected chi connectivity index (χ2v) is 7.49. The van der Waals surface area contributed by atoms with E-state index in [-0.39, 0.29) is 17.6 Å². The highest BCUT2D eigenvalue weighted by Crippen LogP contribution is 2.21. The topological polar surface area (TPSA) is 55.4 Å². The van der Waals surface area contributed by atoms with E-state index >= 15 is 0 Å². The molecular formula is C22H18ClNO3S. The summed E-state index contributed by atoms with van der Waals surface area (Å²) in [4.78, 5) is 25.3. The van der Waals surface area contributed by atoms with Gasteiger partial charge in [0.2, 0.25) is 0 Å². The summed E-state index contributed by atoms with van der Waals surface area (Å²) in [5, 5.41) is 3.15. The Kier molecular flexibility index (Phi) is 6.74. The Hall–Kier alpha value is -2.76. The van der Waals surface area contributed by atoms with Crippen LogP contribution in [-0.4, -0.2) is 17.6 Å². The zero-order valence-electron chi connectivity index (χ0n) is 15.1. The number of hydrogen-bond acceptors (Lipinski definition) is 4. The van der Waals surface area contributed by atoms with Gasteiger partial charge < -0.3 is 10.1 Å². The first-order valence-electron chi connectivity index (χ1n) is 8.57. The van der Waals surface area contributed by atoms with Gasteiger partial charge in [-0.1, -0.05) is 41.4 Å². The number of rotatable bonds is 6. The highest BCUT2D eigenvalue weighted by atomic mass is 35.5. The summed E-state index contributed by atoms with van der Waals surface area (Å²) in [6.07, 6.45) is 0. The van der Waals surface area contributed by atoms with E-state index in [9.17, 15) is 9.59 Å². The number of anilines is 1. The molecule has 142 valence electrons. The van der Waals surface area contributed by atoms with Gasteiger partial charge in [0.05, 0.1) is 16.3 Å². The molecule has 0 heterocycles. The number of esters is 1. The van der Waals surface area contributed by atoms with Crippen molar-refractivity contribution in [3.05, 3.63) is 88.9 Å². The van der Waals surface area contributed by atoms with Crippen LogP contribution in [0.3, 0.4) is 0 Å². The van der Waals surface area contributed by atoms with Crippen molar-refractivity contribution >= 4 is 40.9 Å². The second-order valence-electron chi connectivity index (χ2n) is 6.03. The minimum atomic E-state index is -0.335. The van der Waals surface area contributed by atoms with Gasteiger partial charge in [-0.3, -0.25) is 9.59 Å². The van der Waals surface area contributed by atoms with Crippen molar-refractivity contribution in [1.82, 2.24) is 0 Å². The second kappa shape index (κ2) is 9.44. The molecule has 0 radical (unpaired) electrons. The Morgan fingerprint density at radius 1 is 0.964 bits per heavy atom. The molecule has 0 atom stereocenters. The number of hydrogen-bond donors (Lipinski definition) is 1. The molecule has 3 aromatic rings. The van der Waals surface area contributed by atoms with Crippen molar-refractivity contribution in [2.45, 2.75) is 11.8 Å². The molecule has 0 spiro atoms. The summed E-state index contributed by atoms with van der Waals surface area (Å²) < 4.78 is 5.33. The van der Waals surface area contributed by atoms with E-state index in [1.54, 1.807) is 48.5 Å². The number of thioether (sulfide) groups is 1. The average Bonchev–Trinajstić information content (AvgIpc) is 2.69. The zero-order chi connectivity index (χ0) is 19.9. The first-order valence-corrected chi connectivity index (χ1v) is 9.94. The Bertz CT molecular complexity index is 972. The highest BCUT2D eigenvalue weighted by Gasteiger charge is 2.10. The third-order valence-corrected chi connectivity index (χ3v) is 5.16. The molecule has 0 aliphatic heterocycles. The summed E-state index contributed by atoms with van der Waals surface area (Å²) in [5.41, 5.74) is 2.15. The maximum atomic E-state index is 12.3. The number of halogens is 1. The van der Waals surface area contributed by atoms with Crippen LogP contribution in [0.4, 0.5) is 5.69 Å². The zero-order valence-corrected chi connectivity index (χ0v) is 16.7. The van der Waals surface area contributed by atoms with Crippen molar-refractivity contribution in [1.29, 1.82) is 0 Å². The van der Waals surface area contributed by atoms with Crippen LogP contribution in [0.2, 0.25) is 5.02 Å². The summed E-state index contributed by atoms with van der Waals surface area (Å²) >= 11 is 7.45. The van der Waals surface area contributed by atoms with Crippen molar-refractivity contribution in [3.8, 4) is 5.75 Å². The number of carbonyl (C=O) groups is 2. The first-order chi connectivity index (χ1) is 13.5. The molecule has 28 heavy (non-hydrogen) atoms. The predicted octanol–water partition coefficient (Wildman–Crippen LogP) is 5.60. The van der Waals surface area contributed by atoms with E-state index in [0.29, 0.717) is 22.0 Å². The minimum Gasteiger partial charge on any atom is -0.426 e. The van der Waals surface area contributed by atoms with Crippen LogP contribution >= 0.6 is 23.4 Å². The van der Waals surface area contributed by atoms with E-state index in [0.717, 1.165) is 4.90 Å². The summed E-state index contributed by atoms with van der Waals surface area (Å²) in [6.45, 7) is 2.02. The molecule has 1 N–H and O–H groups in total. The summed E-state index contributed by atoms with van der Waals surface area (Å²) in [6, 6.07) is 21.4. The van der Waals surface area contributed by atoms with Crippen LogP contribution in [0.25, 0.3) is 0 Å². The predicted molar refractivity (Wildman–Crippen MR) is 113 cm³/mol. The lowest BCUT2D eigenvalue weighted by molar-refractivity contribution is -0.131. The summed E-state index contributed by atoms with van der Waals surface area (Å²) in [7, 11) is 0. The fourth-order valence-electron chi connectivity index (χ4n) is 2.39. The van der Waals surface area contributed by atoms with E-state index in [1.165, 1.54) is 17.3 Å². The third-order valence-electron chi connectivity index (χ3n) is 3.84. The van der Waals surface area contributed by atoms with E-state index < -0.39 is 0 Å². The molecule has 0 bridgehead atoms. The van der Waals surface area contributed by atoms with Crippen LogP contribution < -0.4 is 10.1 Å². The number of benzene rings is 3. The number of aryl methyl sites for hydroxylation is 1. The van der Waals surface area contributed by atoms with Gasteiger partial charge in [0.1, 0.15) is 5.75 Å². The quantitative estimate of drug-likeness (QED) is 0.326. The molecular weight excluding hydrogens is 394 g/mol. The molecule has 0 saturated heterocycles. The smallest absolute Gasteiger partial charge is 0.321 e. The Labute approximate surface area is 172 Å². The molecule has 0 aliphatic carbocycles. The van der Waals surface area contributed by atoms with E-state index in [4.69, 9.17) is 16.3 Å². The monoisotopic (exact) mass is 411 g/mol. The van der Waals surface area contributed by atoms with Gasteiger partial charge >= 0.3 is 5.97 Å². The van der Waals surface area contributed by atoms with Crippen LogP contribution in [0.15, 0.2) is 77.7 Å². The molecule has 3 rings (SSSR count). The van der Waals surface area contributed by atoms with E-state index in [1.807, 2.05) is 31.2 Å². The Balaban J connectivity index is 1.52. The van der Waals surface area contributed by atoms with Gasteiger partial charge in [0.25, 0.3) is 5.91 Å². The molecule has 0 unspecified atom stereocenters. The van der Waals surface area contributed by atoms with Gasteiger partial charge in [-0.15, -0.1) is 11.8 Å².